The molecule has 11 heteroatoms. The molecule has 3 atom stereocenters. The molecule has 3 fully saturated rings. The first-order valence-corrected chi connectivity index (χ1v) is 10.8. The average Bonchev–Trinajstić information content (AvgIpc) is 3.42. The number of nitrogens with zero attached hydrogens (tertiary/aromatic N) is 1. The van der Waals surface area contributed by atoms with Crippen molar-refractivity contribution < 1.29 is 41.8 Å². The first-order valence-electron chi connectivity index (χ1n) is 10.8. The van der Waals surface area contributed by atoms with Crippen molar-refractivity contribution in [1.29, 1.82) is 0 Å². The number of hydrogen-bond acceptors (Lipinski definition) is 6. The van der Waals surface area contributed by atoms with Gasteiger partial charge >= 0.3 is 12.1 Å². The minimum Gasteiger partial charge on any atom is -0.475 e. The highest BCUT2D eigenvalue weighted by molar-refractivity contribution is 5.80. The quantitative estimate of drug-likeness (QED) is 0.694. The van der Waals surface area contributed by atoms with Crippen LogP contribution in [0.2, 0.25) is 0 Å². The topological polar surface area (TPSA) is 101 Å². The fourth-order valence-corrected chi connectivity index (χ4v) is 4.40. The number of carboxylic acid groups (broad SMARTS) is 1. The van der Waals surface area contributed by atoms with E-state index >= 15 is 0 Å². The van der Waals surface area contributed by atoms with Gasteiger partial charge in [0, 0.05) is 32.3 Å². The largest absolute Gasteiger partial charge is 0.490 e. The number of likely N-dealkylation sites (tertiary alicyclic amines) is 1. The lowest BCUT2D eigenvalue weighted by Crippen LogP contribution is -2.48. The number of alkyl halides is 3. The molecule has 4 rings (SSSR count). The Morgan fingerprint density at radius 3 is 2.50 bits per heavy atom. The van der Waals surface area contributed by atoms with Gasteiger partial charge in [-0.2, -0.15) is 13.2 Å². The van der Waals surface area contributed by atoms with Crippen molar-refractivity contribution in [1.82, 2.24) is 10.2 Å². The fourth-order valence-electron chi connectivity index (χ4n) is 4.40. The number of carbonyl (C=O) groups excluding carboxylic acids is 1. The van der Waals surface area contributed by atoms with Crippen molar-refractivity contribution in [2.24, 2.45) is 5.92 Å². The Morgan fingerprint density at radius 1 is 1.16 bits per heavy atom. The van der Waals surface area contributed by atoms with Gasteiger partial charge in [0.25, 0.3) is 0 Å². The van der Waals surface area contributed by atoms with Crippen LogP contribution in [-0.4, -0.2) is 72.6 Å². The average molecular weight is 462 g/mol. The molecule has 3 saturated heterocycles. The minimum atomic E-state index is -5.08. The first-order chi connectivity index (χ1) is 15.2. The lowest BCUT2D eigenvalue weighted by Gasteiger charge is -2.37. The maximum absolute atomic E-state index is 12.4. The van der Waals surface area contributed by atoms with Gasteiger partial charge in [-0.1, -0.05) is 0 Å². The normalized spacial score (nSPS) is 26.7. The van der Waals surface area contributed by atoms with E-state index in [9.17, 15) is 18.0 Å². The highest BCUT2D eigenvalue weighted by Crippen LogP contribution is 2.33. The summed E-state index contributed by atoms with van der Waals surface area (Å²) >= 11 is 0. The Morgan fingerprint density at radius 2 is 1.88 bits per heavy atom. The first kappa shape index (κ1) is 24.5. The van der Waals surface area contributed by atoms with Crippen LogP contribution < -0.4 is 5.32 Å². The highest BCUT2D eigenvalue weighted by Gasteiger charge is 2.42. The van der Waals surface area contributed by atoms with Gasteiger partial charge < -0.3 is 24.3 Å². The summed E-state index contributed by atoms with van der Waals surface area (Å²) in [7, 11) is 0. The number of carbonyl (C=O) groups is 2. The zero-order valence-electron chi connectivity index (χ0n) is 17.7. The van der Waals surface area contributed by atoms with E-state index in [1.807, 2.05) is 12.1 Å². The van der Waals surface area contributed by atoms with E-state index in [1.165, 1.54) is 12.8 Å². The number of nitrogens with one attached hydrogen (secondary N) is 1. The van der Waals surface area contributed by atoms with E-state index in [2.05, 4.69) is 10.2 Å². The molecule has 0 aromatic carbocycles. The Labute approximate surface area is 184 Å². The standard InChI is InChI=1S/C19H28N2O4.C2HF3O2/c22-19(20-12-15-2-1-9-24-15)18-4-3-16-17(25-18)5-8-21(16)13-14-6-10-23-11-7-14;3-2(4,5)1(6)7/h1-2,9,14,16-18H,3-8,10-13H2,(H,20,22);(H,6,7)/t16-,17-,18-;/m1./s1. The van der Waals surface area contributed by atoms with Crippen molar-refractivity contribution in [3.63, 3.8) is 0 Å². The summed E-state index contributed by atoms with van der Waals surface area (Å²) in [4.78, 5) is 23.9. The van der Waals surface area contributed by atoms with Crippen LogP contribution in [0.1, 0.15) is 37.9 Å². The highest BCUT2D eigenvalue weighted by atomic mass is 19.4. The number of halogens is 3. The van der Waals surface area contributed by atoms with Crippen LogP contribution in [0.3, 0.4) is 0 Å². The van der Waals surface area contributed by atoms with Crippen molar-refractivity contribution >= 4 is 11.9 Å². The van der Waals surface area contributed by atoms with Gasteiger partial charge in [0.1, 0.15) is 11.9 Å². The molecular formula is C21H29F3N2O6. The number of ether oxygens (including phenoxy) is 2. The van der Waals surface area contributed by atoms with Gasteiger partial charge in [0.05, 0.1) is 18.9 Å². The summed E-state index contributed by atoms with van der Waals surface area (Å²) in [6.45, 7) is 4.48. The molecular weight excluding hydrogens is 433 g/mol. The number of rotatable bonds is 5. The molecule has 1 aromatic rings. The van der Waals surface area contributed by atoms with Gasteiger partial charge in [-0.15, -0.1) is 0 Å². The van der Waals surface area contributed by atoms with Crippen molar-refractivity contribution in [2.45, 2.75) is 63.1 Å². The second-order valence-corrected chi connectivity index (χ2v) is 8.25. The molecule has 3 aliphatic heterocycles. The summed E-state index contributed by atoms with van der Waals surface area (Å²) in [5.41, 5.74) is 0. The SMILES string of the molecule is O=C(NCc1ccco1)[C@H]1CC[C@@H]2[C@@H](CCN2CC2CCOCC2)O1.O=C(O)C(F)(F)F. The Hall–Kier alpha value is -2.11. The van der Waals surface area contributed by atoms with Gasteiger partial charge in [-0.25, -0.2) is 4.79 Å². The third kappa shape index (κ3) is 6.94. The van der Waals surface area contributed by atoms with Crippen molar-refractivity contribution in [3.8, 4) is 0 Å². The van der Waals surface area contributed by atoms with Crippen LogP contribution in [0.4, 0.5) is 13.2 Å². The third-order valence-corrected chi connectivity index (χ3v) is 6.05. The number of amides is 1. The monoisotopic (exact) mass is 462 g/mol. The zero-order chi connectivity index (χ0) is 23.1. The molecule has 0 saturated carbocycles. The fraction of sp³-hybridized carbons (Fsp3) is 0.714. The maximum Gasteiger partial charge on any atom is 0.490 e. The molecule has 4 heterocycles. The molecule has 3 aliphatic rings. The number of fused-ring (bicyclic) bond motifs is 1. The molecule has 2 N–H and O–H groups in total. The number of carboxylic acids is 1. The molecule has 0 aliphatic carbocycles. The minimum absolute atomic E-state index is 0.0160. The van der Waals surface area contributed by atoms with E-state index in [1.54, 1.807) is 6.26 Å². The molecule has 1 aromatic heterocycles. The van der Waals surface area contributed by atoms with Crippen molar-refractivity contribution in [3.05, 3.63) is 24.2 Å². The molecule has 0 radical (unpaired) electrons. The molecule has 180 valence electrons. The van der Waals surface area contributed by atoms with Crippen LogP contribution in [0, 0.1) is 5.92 Å². The summed E-state index contributed by atoms with van der Waals surface area (Å²) in [5, 5.41) is 10.1. The van der Waals surface area contributed by atoms with E-state index in [-0.39, 0.29) is 18.1 Å². The Kier molecular flexibility index (Phi) is 8.55. The summed E-state index contributed by atoms with van der Waals surface area (Å²) in [6, 6.07) is 4.18. The number of furan rings is 1. The Bertz CT molecular complexity index is 736. The lowest BCUT2D eigenvalue weighted by atomic mass is 9.96. The van der Waals surface area contributed by atoms with Gasteiger partial charge in [0.2, 0.25) is 5.91 Å². The molecule has 1 amide bonds. The lowest BCUT2D eigenvalue weighted by molar-refractivity contribution is -0.192. The third-order valence-electron chi connectivity index (χ3n) is 6.05. The molecule has 8 nitrogen and oxygen atoms in total. The smallest absolute Gasteiger partial charge is 0.475 e. The summed E-state index contributed by atoms with van der Waals surface area (Å²) in [6.07, 6.45) is 1.65. The molecule has 0 spiro atoms. The molecule has 0 unspecified atom stereocenters. The van der Waals surface area contributed by atoms with Crippen LogP contribution in [0.15, 0.2) is 22.8 Å². The van der Waals surface area contributed by atoms with Crippen LogP contribution in [0.5, 0.6) is 0 Å². The maximum atomic E-state index is 12.4. The van der Waals surface area contributed by atoms with Crippen LogP contribution >= 0.6 is 0 Å². The van der Waals surface area contributed by atoms with E-state index in [4.69, 9.17) is 23.8 Å². The van der Waals surface area contributed by atoms with Crippen LogP contribution in [0.25, 0.3) is 0 Å². The molecule has 0 bridgehead atoms. The summed E-state index contributed by atoms with van der Waals surface area (Å²) in [5.74, 6) is -1.25. The van der Waals surface area contributed by atoms with Crippen molar-refractivity contribution in [2.75, 3.05) is 26.3 Å². The Balaban J connectivity index is 0.000000360. The predicted octanol–water partition coefficient (Wildman–Crippen LogP) is 2.58. The van der Waals surface area contributed by atoms with E-state index in [0.717, 1.165) is 57.2 Å². The van der Waals surface area contributed by atoms with Gasteiger partial charge in [-0.05, 0) is 50.2 Å². The van der Waals surface area contributed by atoms with Crippen LogP contribution in [-0.2, 0) is 25.6 Å². The zero-order valence-corrected chi connectivity index (χ0v) is 17.7. The summed E-state index contributed by atoms with van der Waals surface area (Å²) < 4.78 is 48.6. The second kappa shape index (κ2) is 11.2. The second-order valence-electron chi connectivity index (χ2n) is 8.25. The predicted molar refractivity (Wildman–Crippen MR) is 106 cm³/mol. The van der Waals surface area contributed by atoms with Gasteiger partial charge in [-0.3, -0.25) is 9.69 Å². The number of aliphatic carboxylic acids is 1. The van der Waals surface area contributed by atoms with E-state index in [0.29, 0.717) is 12.6 Å². The number of hydrogen-bond donors (Lipinski definition) is 2. The van der Waals surface area contributed by atoms with E-state index < -0.39 is 12.1 Å². The van der Waals surface area contributed by atoms with Gasteiger partial charge in [0.15, 0.2) is 0 Å². The molecule has 32 heavy (non-hydrogen) atoms.